The molecule has 1 unspecified atom stereocenters. The van der Waals surface area contributed by atoms with Crippen molar-refractivity contribution in [1.29, 1.82) is 0 Å². The van der Waals surface area contributed by atoms with Gasteiger partial charge < -0.3 is 14.7 Å². The quantitative estimate of drug-likeness (QED) is 0.459. The zero-order valence-corrected chi connectivity index (χ0v) is 12.3. The van der Waals surface area contributed by atoms with Crippen LogP contribution in [0.1, 0.15) is 5.56 Å². The van der Waals surface area contributed by atoms with Crippen LogP contribution in [0.4, 0.5) is 19.0 Å². The van der Waals surface area contributed by atoms with Gasteiger partial charge in [0, 0.05) is 6.20 Å². The molecule has 0 aliphatic heterocycles. The van der Waals surface area contributed by atoms with Crippen molar-refractivity contribution < 1.29 is 41.6 Å². The second-order valence-electron chi connectivity index (χ2n) is 3.69. The summed E-state index contributed by atoms with van der Waals surface area (Å²) in [6.07, 6.45) is -4.29. The van der Waals surface area contributed by atoms with Crippen LogP contribution < -0.4 is 5.48 Å². The Bertz CT molecular complexity index is 621. The molecule has 0 aliphatic carbocycles. The van der Waals surface area contributed by atoms with Gasteiger partial charge in [-0.3, -0.25) is 9.13 Å². The van der Waals surface area contributed by atoms with Gasteiger partial charge in [-0.15, -0.1) is 0 Å². The highest BCUT2D eigenvalue weighted by Gasteiger charge is 2.33. The Balaban J connectivity index is 2.82. The van der Waals surface area contributed by atoms with Gasteiger partial charge in [0.2, 0.25) is 0 Å². The third kappa shape index (κ3) is 6.31. The van der Waals surface area contributed by atoms with Crippen LogP contribution in [-0.2, 0) is 19.9 Å². The minimum atomic E-state index is -4.83. The number of anilines is 1. The van der Waals surface area contributed by atoms with Crippen LogP contribution in [0.5, 0.6) is 0 Å². The lowest BCUT2D eigenvalue weighted by atomic mass is 10.3. The molecule has 0 saturated carbocycles. The summed E-state index contributed by atoms with van der Waals surface area (Å²) in [5.41, 5.74) is 0.535. The summed E-state index contributed by atoms with van der Waals surface area (Å²) >= 11 is 5.47. The Morgan fingerprint density at radius 1 is 1.33 bits per heavy atom. The monoisotopic (exact) mass is 370 g/mol. The lowest BCUT2D eigenvalue weighted by Gasteiger charge is -2.14. The van der Waals surface area contributed by atoms with Gasteiger partial charge in [0.25, 0.3) is 0 Å². The second-order valence-corrected chi connectivity index (χ2v) is 8.01. The molecule has 0 aliphatic rings. The van der Waals surface area contributed by atoms with E-state index in [9.17, 15) is 22.3 Å². The van der Waals surface area contributed by atoms with Crippen molar-refractivity contribution >= 4 is 32.6 Å². The molecule has 8 nitrogen and oxygen atoms in total. The predicted octanol–water partition coefficient (Wildman–Crippen LogP) is 2.42. The van der Waals surface area contributed by atoms with Crippen LogP contribution in [0.3, 0.4) is 0 Å². The fourth-order valence-corrected chi connectivity index (χ4v) is 3.57. The third-order valence-electron chi connectivity index (χ3n) is 1.82. The van der Waals surface area contributed by atoms with Gasteiger partial charge in [-0.1, -0.05) is 11.6 Å². The number of halogens is 4. The zero-order chi connectivity index (χ0) is 16.5. The molecular weight excluding hydrogens is 362 g/mol. The standard InChI is InChI=1S/C7H8ClF3N2O6P2/c8-5-1-4(7(9,10)11)2-12-6(5)13-19-21(17,18)3-20(14,15)16/h1-2H,3H2,(H,12,13)(H,17,18)(H2,14,15,16). The summed E-state index contributed by atoms with van der Waals surface area (Å²) in [7, 11) is -9.57. The van der Waals surface area contributed by atoms with E-state index in [4.69, 9.17) is 26.3 Å². The Morgan fingerprint density at radius 3 is 2.33 bits per heavy atom. The Kier molecular flexibility index (Phi) is 5.44. The highest BCUT2D eigenvalue weighted by molar-refractivity contribution is 7.70. The van der Waals surface area contributed by atoms with Crippen molar-refractivity contribution in [3.8, 4) is 0 Å². The molecule has 1 heterocycles. The Morgan fingerprint density at radius 2 is 1.90 bits per heavy atom. The number of aromatic nitrogens is 1. The maximum absolute atomic E-state index is 12.3. The molecule has 1 atom stereocenters. The van der Waals surface area contributed by atoms with Gasteiger partial charge in [-0.25, -0.2) is 10.5 Å². The number of nitrogens with one attached hydrogen (secondary N) is 1. The molecule has 0 saturated heterocycles. The lowest BCUT2D eigenvalue weighted by molar-refractivity contribution is -0.137. The highest BCUT2D eigenvalue weighted by Crippen LogP contribution is 2.55. The SMILES string of the molecule is O=P(O)(O)CP(=O)(O)ONc1ncc(C(F)(F)F)cc1Cl. The number of nitrogens with zero attached hydrogens (tertiary/aromatic N) is 1. The van der Waals surface area contributed by atoms with E-state index >= 15 is 0 Å². The summed E-state index contributed by atoms with van der Waals surface area (Å²) in [5.74, 6) is -2.00. The second kappa shape index (κ2) is 6.21. The molecule has 1 aromatic rings. The fraction of sp³-hybridized carbons (Fsp3) is 0.286. The van der Waals surface area contributed by atoms with Gasteiger partial charge in [0.1, 0.15) is 0 Å². The van der Waals surface area contributed by atoms with Crippen LogP contribution in [0.15, 0.2) is 12.3 Å². The first kappa shape index (κ1) is 18.4. The average Bonchev–Trinajstić information content (AvgIpc) is 2.22. The summed E-state index contributed by atoms with van der Waals surface area (Å²) in [6.45, 7) is 0. The minimum absolute atomic E-state index is 0.392. The molecule has 1 rings (SSSR count). The van der Waals surface area contributed by atoms with Gasteiger partial charge in [0.15, 0.2) is 11.7 Å². The molecule has 0 radical (unpaired) electrons. The van der Waals surface area contributed by atoms with E-state index < -0.39 is 43.7 Å². The number of rotatable bonds is 5. The largest absolute Gasteiger partial charge is 0.417 e. The van der Waals surface area contributed by atoms with Gasteiger partial charge in [0.05, 0.1) is 10.6 Å². The Labute approximate surface area is 120 Å². The van der Waals surface area contributed by atoms with E-state index in [1.54, 1.807) is 5.48 Å². The molecule has 120 valence electrons. The van der Waals surface area contributed by atoms with Crippen LogP contribution in [0, 0.1) is 0 Å². The van der Waals surface area contributed by atoms with Crippen LogP contribution in [0.25, 0.3) is 0 Å². The average molecular weight is 371 g/mol. The number of pyridine rings is 1. The summed E-state index contributed by atoms with van der Waals surface area (Å²) in [4.78, 5) is 29.4. The smallest absolute Gasteiger partial charge is 0.324 e. The van der Waals surface area contributed by atoms with Crippen molar-refractivity contribution in [2.24, 2.45) is 0 Å². The predicted molar refractivity (Wildman–Crippen MR) is 65.7 cm³/mol. The lowest BCUT2D eigenvalue weighted by Crippen LogP contribution is -2.08. The van der Waals surface area contributed by atoms with Gasteiger partial charge >= 0.3 is 21.4 Å². The van der Waals surface area contributed by atoms with Crippen LogP contribution >= 0.6 is 26.8 Å². The van der Waals surface area contributed by atoms with Crippen molar-refractivity contribution in [1.82, 2.24) is 4.98 Å². The zero-order valence-electron chi connectivity index (χ0n) is 9.78. The number of hydrogen-bond donors (Lipinski definition) is 4. The summed E-state index contributed by atoms with van der Waals surface area (Å²) < 4.78 is 63.0. The molecular formula is C7H8ClF3N2O6P2. The molecule has 14 heteroatoms. The fourth-order valence-electron chi connectivity index (χ4n) is 1.04. The maximum Gasteiger partial charge on any atom is 0.417 e. The molecule has 1 aromatic heterocycles. The highest BCUT2D eigenvalue weighted by atomic mass is 35.5. The van der Waals surface area contributed by atoms with Crippen molar-refractivity contribution in [2.75, 3.05) is 11.4 Å². The molecule has 0 fully saturated rings. The van der Waals surface area contributed by atoms with E-state index in [0.29, 0.717) is 12.3 Å². The topological polar surface area (TPSA) is 129 Å². The Hall–Kier alpha value is -0.670. The molecule has 0 amide bonds. The minimum Gasteiger partial charge on any atom is -0.324 e. The van der Waals surface area contributed by atoms with Gasteiger partial charge in [-0.05, 0) is 6.07 Å². The van der Waals surface area contributed by atoms with E-state index in [1.807, 2.05) is 0 Å². The van der Waals surface area contributed by atoms with Crippen molar-refractivity contribution in [3.63, 3.8) is 0 Å². The van der Waals surface area contributed by atoms with Crippen molar-refractivity contribution in [2.45, 2.75) is 6.18 Å². The molecule has 0 bridgehead atoms. The first-order valence-electron chi connectivity index (χ1n) is 4.84. The molecule has 0 aromatic carbocycles. The number of hydrogen-bond acceptors (Lipinski definition) is 5. The van der Waals surface area contributed by atoms with E-state index in [1.165, 1.54) is 0 Å². The van der Waals surface area contributed by atoms with Gasteiger partial charge in [-0.2, -0.15) is 17.8 Å². The van der Waals surface area contributed by atoms with E-state index in [0.717, 1.165) is 0 Å². The molecule has 21 heavy (non-hydrogen) atoms. The van der Waals surface area contributed by atoms with Crippen molar-refractivity contribution in [3.05, 3.63) is 22.8 Å². The van der Waals surface area contributed by atoms with Crippen LogP contribution in [-0.4, -0.2) is 25.6 Å². The first-order valence-corrected chi connectivity index (χ1v) is 8.78. The normalized spacial score (nSPS) is 15.6. The van der Waals surface area contributed by atoms with Crippen LogP contribution in [0.2, 0.25) is 5.02 Å². The molecule has 0 spiro atoms. The first-order chi connectivity index (χ1) is 9.30. The summed E-state index contributed by atoms with van der Waals surface area (Å²) in [6, 6.07) is 0.492. The maximum atomic E-state index is 12.3. The third-order valence-corrected chi connectivity index (χ3v) is 5.38. The summed E-state index contributed by atoms with van der Waals surface area (Å²) in [5, 5.41) is -0.569. The van der Waals surface area contributed by atoms with E-state index in [2.05, 4.69) is 9.61 Å². The molecule has 4 N–H and O–H groups in total. The van der Waals surface area contributed by atoms with E-state index in [-0.39, 0.29) is 0 Å². The number of alkyl halides is 3.